The van der Waals surface area contributed by atoms with Crippen molar-refractivity contribution in [2.45, 2.75) is 12.8 Å². The summed E-state index contributed by atoms with van der Waals surface area (Å²) >= 11 is 5.99. The Morgan fingerprint density at radius 3 is 2.46 bits per heavy atom. The Kier molecular flexibility index (Phi) is 4.49. The fourth-order valence-electron chi connectivity index (χ4n) is 2.42. The van der Waals surface area contributed by atoms with Gasteiger partial charge in [0.15, 0.2) is 0 Å². The van der Waals surface area contributed by atoms with Crippen LogP contribution in [0.2, 0.25) is 5.15 Å². The fourth-order valence-corrected chi connectivity index (χ4v) is 2.56. The van der Waals surface area contributed by atoms with E-state index in [0.29, 0.717) is 46.9 Å². The first kappa shape index (κ1) is 16.0. The zero-order valence-electron chi connectivity index (χ0n) is 13.2. The molecule has 0 amide bonds. The van der Waals surface area contributed by atoms with E-state index in [2.05, 4.69) is 21.0 Å². The number of methoxy groups -OCH3 is 2. The first-order valence-electron chi connectivity index (χ1n) is 7.17. The van der Waals surface area contributed by atoms with Crippen LogP contribution in [-0.2, 0) is 6.42 Å². The molecule has 0 aliphatic carbocycles. The summed E-state index contributed by atoms with van der Waals surface area (Å²) in [5.41, 5.74) is 1.30. The summed E-state index contributed by atoms with van der Waals surface area (Å²) in [6.45, 7) is 0. The van der Waals surface area contributed by atoms with Gasteiger partial charge in [0.2, 0.25) is 17.7 Å². The van der Waals surface area contributed by atoms with E-state index in [-0.39, 0.29) is 0 Å². The molecule has 0 saturated carbocycles. The van der Waals surface area contributed by atoms with Crippen molar-refractivity contribution in [2.75, 3.05) is 14.2 Å². The minimum Gasteiger partial charge on any atom is -0.481 e. The summed E-state index contributed by atoms with van der Waals surface area (Å²) in [6, 6.07) is 7.58. The molecule has 0 fully saturated rings. The molecule has 0 bridgehead atoms. The largest absolute Gasteiger partial charge is 0.481 e. The van der Waals surface area contributed by atoms with Crippen molar-refractivity contribution in [3.63, 3.8) is 0 Å². The molecule has 3 heterocycles. The molecule has 0 aliphatic rings. The van der Waals surface area contributed by atoms with Crippen LogP contribution in [0.4, 0.5) is 0 Å². The van der Waals surface area contributed by atoms with Gasteiger partial charge in [-0.25, -0.2) is 4.98 Å². The average molecular weight is 344 g/mol. The molecule has 7 nitrogen and oxygen atoms in total. The van der Waals surface area contributed by atoms with Gasteiger partial charge >= 0.3 is 0 Å². The lowest BCUT2D eigenvalue weighted by molar-refractivity contribution is 0.361. The molecule has 0 saturated heterocycles. The van der Waals surface area contributed by atoms with E-state index in [1.54, 1.807) is 16.8 Å². The number of rotatable bonds is 5. The first-order chi connectivity index (χ1) is 11.7. The van der Waals surface area contributed by atoms with Gasteiger partial charge in [0.1, 0.15) is 10.8 Å². The quantitative estimate of drug-likeness (QED) is 0.662. The lowest BCUT2D eigenvalue weighted by Crippen LogP contribution is -2.08. The predicted octanol–water partition coefficient (Wildman–Crippen LogP) is 2.94. The number of fused-ring (bicyclic) bond motifs is 1. The van der Waals surface area contributed by atoms with Gasteiger partial charge in [-0.3, -0.25) is 4.57 Å². The lowest BCUT2D eigenvalue weighted by Gasteiger charge is -2.13. The third kappa shape index (κ3) is 2.84. The van der Waals surface area contributed by atoms with E-state index >= 15 is 0 Å². The maximum Gasteiger partial charge on any atom is 0.241 e. The number of aromatic nitrogens is 4. The highest BCUT2D eigenvalue weighted by Crippen LogP contribution is 2.28. The number of nitriles is 1. The van der Waals surface area contributed by atoms with Crippen molar-refractivity contribution in [3.8, 4) is 23.8 Å². The fraction of sp³-hybridized carbons (Fsp3) is 0.250. The van der Waals surface area contributed by atoms with Gasteiger partial charge in [-0.15, -0.1) is 0 Å². The van der Waals surface area contributed by atoms with Crippen molar-refractivity contribution in [3.05, 3.63) is 35.1 Å². The monoisotopic (exact) mass is 343 g/mol. The van der Waals surface area contributed by atoms with Crippen LogP contribution in [0.5, 0.6) is 11.8 Å². The van der Waals surface area contributed by atoms with Gasteiger partial charge in [0.25, 0.3) is 0 Å². The SMILES string of the molecule is COc1nc(-n2ccc3ccc(Cl)nc32)nc(OC)c1CCC#N. The Morgan fingerprint density at radius 1 is 1.12 bits per heavy atom. The van der Waals surface area contributed by atoms with Crippen LogP contribution in [-0.4, -0.2) is 33.7 Å². The molecule has 0 spiro atoms. The van der Waals surface area contributed by atoms with E-state index in [0.717, 1.165) is 5.39 Å². The van der Waals surface area contributed by atoms with Crippen LogP contribution in [0.3, 0.4) is 0 Å². The third-order valence-electron chi connectivity index (χ3n) is 3.51. The summed E-state index contributed by atoms with van der Waals surface area (Å²) in [6.07, 6.45) is 2.57. The first-order valence-corrected chi connectivity index (χ1v) is 7.55. The minimum atomic E-state index is 0.318. The topological polar surface area (TPSA) is 85.8 Å². The molecule has 24 heavy (non-hydrogen) atoms. The highest BCUT2D eigenvalue weighted by Gasteiger charge is 2.18. The number of pyridine rings is 1. The number of hydrogen-bond acceptors (Lipinski definition) is 6. The van der Waals surface area contributed by atoms with E-state index in [1.807, 2.05) is 12.1 Å². The van der Waals surface area contributed by atoms with Crippen molar-refractivity contribution >= 4 is 22.6 Å². The van der Waals surface area contributed by atoms with Crippen LogP contribution < -0.4 is 9.47 Å². The summed E-state index contributed by atoms with van der Waals surface area (Å²) in [4.78, 5) is 13.2. The molecule has 0 N–H and O–H groups in total. The third-order valence-corrected chi connectivity index (χ3v) is 3.72. The summed E-state index contributed by atoms with van der Waals surface area (Å²) in [7, 11) is 3.04. The van der Waals surface area contributed by atoms with Crippen molar-refractivity contribution in [2.24, 2.45) is 0 Å². The number of ether oxygens (including phenoxy) is 2. The van der Waals surface area contributed by atoms with Crippen LogP contribution in [0.25, 0.3) is 17.0 Å². The van der Waals surface area contributed by atoms with Crippen LogP contribution in [0, 0.1) is 11.3 Å². The maximum atomic E-state index is 8.81. The predicted molar refractivity (Wildman–Crippen MR) is 88.7 cm³/mol. The highest BCUT2D eigenvalue weighted by molar-refractivity contribution is 6.29. The van der Waals surface area contributed by atoms with Gasteiger partial charge in [-0.05, 0) is 24.6 Å². The smallest absolute Gasteiger partial charge is 0.241 e. The zero-order chi connectivity index (χ0) is 17.1. The minimum absolute atomic E-state index is 0.318. The maximum absolute atomic E-state index is 8.81. The molecule has 0 atom stereocenters. The molecule has 0 unspecified atom stereocenters. The molecular formula is C16H14ClN5O2. The molecule has 3 aromatic heterocycles. The van der Waals surface area contributed by atoms with Crippen LogP contribution in [0.15, 0.2) is 24.4 Å². The molecule has 122 valence electrons. The average Bonchev–Trinajstić information content (AvgIpc) is 3.02. The summed E-state index contributed by atoms with van der Waals surface area (Å²) in [5, 5.41) is 10.1. The second-order valence-corrected chi connectivity index (χ2v) is 5.30. The van der Waals surface area contributed by atoms with Crippen molar-refractivity contribution in [1.29, 1.82) is 5.26 Å². The van der Waals surface area contributed by atoms with E-state index in [1.165, 1.54) is 14.2 Å². The van der Waals surface area contributed by atoms with Gasteiger partial charge < -0.3 is 9.47 Å². The summed E-state index contributed by atoms with van der Waals surface area (Å²) in [5.74, 6) is 1.10. The second kappa shape index (κ2) is 6.72. The highest BCUT2D eigenvalue weighted by atomic mass is 35.5. The van der Waals surface area contributed by atoms with Crippen LogP contribution >= 0.6 is 11.6 Å². The summed E-state index contributed by atoms with van der Waals surface area (Å²) < 4.78 is 12.4. The Morgan fingerprint density at radius 2 is 1.83 bits per heavy atom. The molecule has 3 rings (SSSR count). The molecular weight excluding hydrogens is 330 g/mol. The molecule has 0 aliphatic heterocycles. The van der Waals surface area contributed by atoms with E-state index in [9.17, 15) is 0 Å². The van der Waals surface area contributed by atoms with E-state index < -0.39 is 0 Å². The lowest BCUT2D eigenvalue weighted by atomic mass is 10.2. The van der Waals surface area contributed by atoms with Crippen molar-refractivity contribution < 1.29 is 9.47 Å². The second-order valence-electron chi connectivity index (χ2n) is 4.91. The number of halogens is 1. The van der Waals surface area contributed by atoms with Crippen molar-refractivity contribution in [1.82, 2.24) is 19.5 Å². The standard InChI is InChI=1S/C16H14ClN5O2/c1-23-14-11(4-3-8-18)15(24-2)21-16(20-14)22-9-7-10-5-6-12(17)19-13(10)22/h5-7,9H,3-4H2,1-2H3. The Hall–Kier alpha value is -2.85. The van der Waals surface area contributed by atoms with Gasteiger partial charge in [-0.2, -0.15) is 15.2 Å². The van der Waals surface area contributed by atoms with Crippen LogP contribution in [0.1, 0.15) is 12.0 Å². The van der Waals surface area contributed by atoms with Gasteiger partial charge in [-0.1, -0.05) is 11.6 Å². The Balaban J connectivity index is 2.17. The Labute approximate surface area is 143 Å². The number of hydrogen-bond donors (Lipinski definition) is 0. The van der Waals surface area contributed by atoms with Gasteiger partial charge in [0, 0.05) is 18.0 Å². The molecule has 0 radical (unpaired) electrons. The van der Waals surface area contributed by atoms with Gasteiger partial charge in [0.05, 0.1) is 25.9 Å². The normalized spacial score (nSPS) is 10.6. The van der Waals surface area contributed by atoms with E-state index in [4.69, 9.17) is 26.3 Å². The Bertz CT molecular complexity index is 907. The molecule has 3 aromatic rings. The number of nitrogens with zero attached hydrogens (tertiary/aromatic N) is 5. The molecule has 8 heteroatoms. The zero-order valence-corrected chi connectivity index (χ0v) is 13.9. The molecule has 0 aromatic carbocycles.